The number of nitrogens with zero attached hydrogens (tertiary/aromatic N) is 2. The maximum atomic E-state index is 12.3. The van der Waals surface area contributed by atoms with Crippen LogP contribution in [0.2, 0.25) is 0 Å². The third-order valence-corrected chi connectivity index (χ3v) is 4.79. The summed E-state index contributed by atoms with van der Waals surface area (Å²) in [4.78, 5) is 20.9. The standard InChI is InChI=1S/C20H20N4O3S/c1-28(26,27)17-9-7-15(8-10-17)23-14-12-19(25)20(22)18(11-13-21)24-16-5-3-2-4-6-16/h2-10,13-14,21-22H,11-12H2,1H3. The summed E-state index contributed by atoms with van der Waals surface area (Å²) in [5.41, 5.74) is 1.07. The summed E-state index contributed by atoms with van der Waals surface area (Å²) in [5.74, 6) is -0.465. The van der Waals surface area contributed by atoms with E-state index in [0.717, 1.165) is 12.5 Å². The zero-order valence-corrected chi connectivity index (χ0v) is 16.1. The predicted octanol–water partition coefficient (Wildman–Crippen LogP) is 3.58. The monoisotopic (exact) mass is 396 g/mol. The zero-order chi connectivity index (χ0) is 20.6. The molecule has 0 radical (unpaired) electrons. The van der Waals surface area contributed by atoms with E-state index in [1.807, 2.05) is 6.07 Å². The first-order valence-electron chi connectivity index (χ1n) is 8.37. The highest BCUT2D eigenvalue weighted by Crippen LogP contribution is 2.16. The largest absolute Gasteiger partial charge is 0.313 e. The van der Waals surface area contributed by atoms with Crippen LogP contribution >= 0.6 is 0 Å². The summed E-state index contributed by atoms with van der Waals surface area (Å²) < 4.78 is 22.9. The topological polar surface area (TPSA) is 124 Å². The summed E-state index contributed by atoms with van der Waals surface area (Å²) in [6, 6.07) is 14.9. The number of ketones is 1. The molecule has 2 N–H and O–H groups in total. The van der Waals surface area contributed by atoms with Crippen LogP contribution in [0.1, 0.15) is 12.8 Å². The second-order valence-corrected chi connectivity index (χ2v) is 7.90. The molecule has 0 aliphatic heterocycles. The molecule has 2 aromatic rings. The molecule has 0 spiro atoms. The molecular weight excluding hydrogens is 376 g/mol. The summed E-state index contributed by atoms with van der Waals surface area (Å²) in [5, 5.41) is 15.3. The van der Waals surface area contributed by atoms with Crippen LogP contribution in [0.4, 0.5) is 11.4 Å². The smallest absolute Gasteiger partial charge is 0.187 e. The Morgan fingerprint density at radius 1 is 1.00 bits per heavy atom. The van der Waals surface area contributed by atoms with Gasteiger partial charge in [0.2, 0.25) is 0 Å². The molecule has 0 bridgehead atoms. The first-order chi connectivity index (χ1) is 13.3. The van der Waals surface area contributed by atoms with Crippen molar-refractivity contribution in [2.24, 2.45) is 9.98 Å². The van der Waals surface area contributed by atoms with Gasteiger partial charge in [0.05, 0.1) is 22.0 Å². The van der Waals surface area contributed by atoms with Gasteiger partial charge in [0.1, 0.15) is 5.71 Å². The van der Waals surface area contributed by atoms with Gasteiger partial charge in [0.25, 0.3) is 0 Å². The summed E-state index contributed by atoms with van der Waals surface area (Å²) in [6.07, 6.45) is 3.58. The van der Waals surface area contributed by atoms with E-state index in [9.17, 15) is 13.2 Å². The quantitative estimate of drug-likeness (QED) is 0.629. The van der Waals surface area contributed by atoms with Gasteiger partial charge in [0, 0.05) is 31.5 Å². The lowest BCUT2D eigenvalue weighted by molar-refractivity contribution is -0.111. The average Bonchev–Trinajstić information content (AvgIpc) is 2.67. The van der Waals surface area contributed by atoms with Crippen molar-refractivity contribution >= 4 is 50.8 Å². The van der Waals surface area contributed by atoms with Crippen molar-refractivity contribution < 1.29 is 13.2 Å². The van der Waals surface area contributed by atoms with Crippen molar-refractivity contribution in [2.75, 3.05) is 6.26 Å². The van der Waals surface area contributed by atoms with Crippen molar-refractivity contribution in [3.63, 3.8) is 0 Å². The number of rotatable bonds is 9. The Bertz CT molecular complexity index is 1020. The molecule has 0 aliphatic rings. The number of Topliss-reactive ketones (excluding diaryl/α,β-unsaturated/α-hetero) is 1. The minimum absolute atomic E-state index is 0.0869. The fourth-order valence-electron chi connectivity index (χ4n) is 2.24. The van der Waals surface area contributed by atoms with Gasteiger partial charge in [-0.25, -0.2) is 8.42 Å². The molecule has 8 heteroatoms. The molecule has 28 heavy (non-hydrogen) atoms. The van der Waals surface area contributed by atoms with Crippen molar-refractivity contribution in [3.05, 3.63) is 54.6 Å². The second-order valence-electron chi connectivity index (χ2n) is 5.88. The molecule has 0 aliphatic carbocycles. The first kappa shape index (κ1) is 21.0. The Morgan fingerprint density at radius 3 is 2.21 bits per heavy atom. The number of nitrogens with one attached hydrogen (secondary N) is 2. The normalized spacial score (nSPS) is 12.1. The summed E-state index contributed by atoms with van der Waals surface area (Å²) in [7, 11) is -3.27. The second kappa shape index (κ2) is 9.61. The van der Waals surface area contributed by atoms with Gasteiger partial charge in [-0.2, -0.15) is 0 Å². The van der Waals surface area contributed by atoms with Crippen LogP contribution in [-0.4, -0.2) is 44.3 Å². The highest BCUT2D eigenvalue weighted by atomic mass is 32.2. The van der Waals surface area contributed by atoms with Crippen LogP contribution in [0.5, 0.6) is 0 Å². The molecule has 0 saturated heterocycles. The predicted molar refractivity (Wildman–Crippen MR) is 112 cm³/mol. The van der Waals surface area contributed by atoms with E-state index in [2.05, 4.69) is 9.98 Å². The van der Waals surface area contributed by atoms with Gasteiger partial charge in [0.15, 0.2) is 15.6 Å². The van der Waals surface area contributed by atoms with Crippen LogP contribution in [0.15, 0.2) is 69.5 Å². The van der Waals surface area contributed by atoms with E-state index in [0.29, 0.717) is 11.4 Å². The molecule has 2 aromatic carbocycles. The van der Waals surface area contributed by atoms with Gasteiger partial charge in [-0.1, -0.05) is 18.2 Å². The molecule has 0 unspecified atom stereocenters. The minimum Gasteiger partial charge on any atom is -0.313 e. The molecule has 2 rings (SSSR count). The maximum absolute atomic E-state index is 12.3. The number of aliphatic imine (C=N–C) groups is 2. The molecular formula is C20H20N4O3S. The van der Waals surface area contributed by atoms with Crippen LogP contribution < -0.4 is 0 Å². The van der Waals surface area contributed by atoms with E-state index in [-0.39, 0.29) is 29.2 Å². The average molecular weight is 396 g/mol. The number of sulfone groups is 1. The number of hydrogen-bond donors (Lipinski definition) is 2. The SMILES string of the molecule is CS(=O)(=O)c1ccc(N=CCC(=O)C(=N)C(CC=N)=Nc2ccccc2)cc1. The Kier molecular flexibility index (Phi) is 7.22. The molecule has 0 atom stereocenters. The number of hydrogen-bond acceptors (Lipinski definition) is 7. The van der Waals surface area contributed by atoms with Gasteiger partial charge in [-0.3, -0.25) is 20.2 Å². The van der Waals surface area contributed by atoms with Crippen LogP contribution in [0.25, 0.3) is 0 Å². The number of benzene rings is 2. The van der Waals surface area contributed by atoms with Crippen LogP contribution in [-0.2, 0) is 14.6 Å². The molecule has 7 nitrogen and oxygen atoms in total. The van der Waals surface area contributed by atoms with Crippen molar-refractivity contribution in [1.82, 2.24) is 0 Å². The first-order valence-corrected chi connectivity index (χ1v) is 10.3. The third kappa shape index (κ3) is 6.17. The Hall–Kier alpha value is -3.26. The van der Waals surface area contributed by atoms with Crippen molar-refractivity contribution in [2.45, 2.75) is 17.7 Å². The lowest BCUT2D eigenvalue weighted by Gasteiger charge is -2.04. The van der Waals surface area contributed by atoms with E-state index >= 15 is 0 Å². The maximum Gasteiger partial charge on any atom is 0.187 e. The highest BCUT2D eigenvalue weighted by Gasteiger charge is 2.15. The fraction of sp³-hybridized carbons (Fsp3) is 0.150. The molecule has 0 heterocycles. The van der Waals surface area contributed by atoms with Crippen molar-refractivity contribution in [3.8, 4) is 0 Å². The minimum atomic E-state index is -3.27. The Labute approximate surface area is 163 Å². The lowest BCUT2D eigenvalue weighted by Crippen LogP contribution is -2.23. The molecule has 144 valence electrons. The van der Waals surface area contributed by atoms with E-state index in [1.165, 1.54) is 18.3 Å². The van der Waals surface area contributed by atoms with Gasteiger partial charge < -0.3 is 5.41 Å². The highest BCUT2D eigenvalue weighted by molar-refractivity contribution is 7.90. The van der Waals surface area contributed by atoms with E-state index in [4.69, 9.17) is 10.8 Å². The van der Waals surface area contributed by atoms with Gasteiger partial charge in [-0.05, 0) is 36.4 Å². The van der Waals surface area contributed by atoms with Gasteiger partial charge >= 0.3 is 0 Å². The Balaban J connectivity index is 2.06. The summed E-state index contributed by atoms with van der Waals surface area (Å²) in [6.45, 7) is 0. The molecule has 0 aromatic heterocycles. The van der Waals surface area contributed by atoms with Crippen LogP contribution in [0.3, 0.4) is 0 Å². The third-order valence-electron chi connectivity index (χ3n) is 3.66. The van der Waals surface area contributed by atoms with Crippen LogP contribution in [0, 0.1) is 10.8 Å². The molecule has 0 fully saturated rings. The number of carbonyl (C=O) groups is 1. The van der Waals surface area contributed by atoms with Crippen molar-refractivity contribution in [1.29, 1.82) is 10.8 Å². The summed E-state index contributed by atoms with van der Waals surface area (Å²) >= 11 is 0. The number of carbonyl (C=O) groups excluding carboxylic acids is 1. The fourth-order valence-corrected chi connectivity index (χ4v) is 2.87. The number of para-hydroxylation sites is 1. The molecule has 0 saturated carbocycles. The lowest BCUT2D eigenvalue weighted by atomic mass is 10.1. The van der Waals surface area contributed by atoms with Gasteiger partial charge in [-0.15, -0.1) is 0 Å². The molecule has 0 amide bonds. The van der Waals surface area contributed by atoms with E-state index in [1.54, 1.807) is 36.4 Å². The van der Waals surface area contributed by atoms with E-state index < -0.39 is 15.6 Å². The zero-order valence-electron chi connectivity index (χ0n) is 15.3. The Morgan fingerprint density at radius 2 is 1.64 bits per heavy atom.